The number of benzene rings is 1. The number of hydrogen-bond acceptors (Lipinski definition) is 10. The largest absolute Gasteiger partial charge is 0.480 e. The molecular weight excluding hydrogens is 608 g/mol. The number of aliphatic carboxylic acids is 1. The molecule has 2 aromatic heterocycles. The summed E-state index contributed by atoms with van der Waals surface area (Å²) in [5.74, 6) is -4.13. The third-order valence-corrected chi connectivity index (χ3v) is 7.56. The molecule has 16 nitrogen and oxygen atoms in total. The number of aromatic amines is 2. The summed E-state index contributed by atoms with van der Waals surface area (Å²) in [4.78, 5) is 74.0. The van der Waals surface area contributed by atoms with E-state index >= 15 is 0 Å². The summed E-state index contributed by atoms with van der Waals surface area (Å²) in [6, 6.07) is 0.688. The molecule has 1 aromatic carbocycles. The summed E-state index contributed by atoms with van der Waals surface area (Å²) in [6.45, 7) is -1.52. The fourth-order valence-electron chi connectivity index (χ4n) is 4.42. The van der Waals surface area contributed by atoms with Gasteiger partial charge >= 0.3 is 5.97 Å². The first kappa shape index (κ1) is 35.0. The molecule has 0 aliphatic carbocycles. The average molecular weight is 647 g/mol. The molecule has 2 heterocycles. The molecule has 0 saturated carbocycles. The molecule has 0 spiro atoms. The number of aromatic nitrogens is 3. The van der Waals surface area contributed by atoms with Gasteiger partial charge in [-0.3, -0.25) is 19.2 Å². The number of carbonyl (C=O) groups excluding carboxylic acids is 4. The van der Waals surface area contributed by atoms with Gasteiger partial charge in [-0.05, 0) is 30.1 Å². The molecule has 3 rings (SSSR count). The molecule has 0 bridgehead atoms. The molecule has 3 aromatic rings. The van der Waals surface area contributed by atoms with Gasteiger partial charge in [-0.2, -0.15) is 11.8 Å². The highest BCUT2D eigenvalue weighted by molar-refractivity contribution is 7.98. The minimum atomic E-state index is -1.50. The molecular formula is C28H38N8O8S. The first-order valence-corrected chi connectivity index (χ1v) is 15.4. The molecule has 4 amide bonds. The van der Waals surface area contributed by atoms with Crippen molar-refractivity contribution in [1.29, 1.82) is 0 Å². The Morgan fingerprint density at radius 2 is 1.51 bits per heavy atom. The van der Waals surface area contributed by atoms with Crippen LogP contribution >= 0.6 is 11.8 Å². The van der Waals surface area contributed by atoms with Crippen molar-refractivity contribution in [2.24, 2.45) is 5.73 Å². The van der Waals surface area contributed by atoms with Crippen LogP contribution in [0.5, 0.6) is 0 Å². The van der Waals surface area contributed by atoms with Gasteiger partial charge in [-0.25, -0.2) is 9.78 Å². The Hall–Kier alpha value is -4.45. The van der Waals surface area contributed by atoms with Crippen molar-refractivity contribution in [3.8, 4) is 0 Å². The molecule has 0 radical (unpaired) electrons. The molecule has 0 aliphatic rings. The lowest BCUT2D eigenvalue weighted by atomic mass is 10.0. The van der Waals surface area contributed by atoms with E-state index in [1.54, 1.807) is 18.5 Å². The van der Waals surface area contributed by atoms with Gasteiger partial charge in [0.25, 0.3) is 0 Å². The maximum atomic E-state index is 13.7. The van der Waals surface area contributed by atoms with Gasteiger partial charge in [-0.15, -0.1) is 0 Å². The van der Waals surface area contributed by atoms with E-state index in [4.69, 9.17) is 10.8 Å². The number of aliphatic hydroxyl groups is 2. The second-order valence-corrected chi connectivity index (χ2v) is 11.2. The number of carboxylic acid groups (broad SMARTS) is 1. The zero-order valence-electron chi connectivity index (χ0n) is 24.5. The number of nitrogens with one attached hydrogen (secondary N) is 6. The van der Waals surface area contributed by atoms with Crippen LogP contribution in [-0.2, 0) is 36.8 Å². The van der Waals surface area contributed by atoms with Crippen molar-refractivity contribution in [2.75, 3.05) is 25.2 Å². The predicted molar refractivity (Wildman–Crippen MR) is 165 cm³/mol. The van der Waals surface area contributed by atoms with Crippen molar-refractivity contribution >= 4 is 52.3 Å². The first-order valence-electron chi connectivity index (χ1n) is 14.0. The highest BCUT2D eigenvalue weighted by Gasteiger charge is 2.32. The van der Waals surface area contributed by atoms with E-state index < -0.39 is 73.0 Å². The quantitative estimate of drug-likeness (QED) is 0.0706. The number of imidazole rings is 1. The number of aliphatic hydroxyl groups excluding tert-OH is 2. The molecule has 0 unspecified atom stereocenters. The number of hydrogen-bond donors (Lipinski definition) is 10. The number of nitrogens with zero attached hydrogens (tertiary/aromatic N) is 1. The maximum Gasteiger partial charge on any atom is 0.326 e. The van der Waals surface area contributed by atoms with Crippen LogP contribution in [0.25, 0.3) is 10.9 Å². The lowest BCUT2D eigenvalue weighted by molar-refractivity contribution is -0.142. The number of carbonyl (C=O) groups is 5. The van der Waals surface area contributed by atoms with Crippen molar-refractivity contribution in [3.63, 3.8) is 0 Å². The highest BCUT2D eigenvalue weighted by atomic mass is 32.2. The van der Waals surface area contributed by atoms with Crippen LogP contribution in [0.3, 0.4) is 0 Å². The zero-order chi connectivity index (χ0) is 32.9. The van der Waals surface area contributed by atoms with E-state index in [1.165, 1.54) is 24.3 Å². The number of H-pyrrole nitrogens is 2. The van der Waals surface area contributed by atoms with E-state index in [2.05, 4.69) is 36.2 Å². The van der Waals surface area contributed by atoms with Gasteiger partial charge in [0, 0.05) is 41.8 Å². The lowest BCUT2D eigenvalue weighted by Gasteiger charge is -2.26. The van der Waals surface area contributed by atoms with Crippen LogP contribution in [0.2, 0.25) is 0 Å². The Labute approximate surface area is 262 Å². The van der Waals surface area contributed by atoms with E-state index in [9.17, 15) is 34.2 Å². The number of carboxylic acids is 1. The minimum Gasteiger partial charge on any atom is -0.480 e. The van der Waals surface area contributed by atoms with E-state index in [0.29, 0.717) is 17.0 Å². The second-order valence-electron chi connectivity index (χ2n) is 10.2. The molecule has 0 fully saturated rings. The summed E-state index contributed by atoms with van der Waals surface area (Å²) in [5.41, 5.74) is 7.43. The number of fused-ring (bicyclic) bond motifs is 1. The Morgan fingerprint density at radius 3 is 2.16 bits per heavy atom. The fourth-order valence-corrected chi connectivity index (χ4v) is 4.89. The van der Waals surface area contributed by atoms with Crippen LogP contribution in [0.1, 0.15) is 17.7 Å². The summed E-state index contributed by atoms with van der Waals surface area (Å²) >= 11 is 1.41. The number of amides is 4. The van der Waals surface area contributed by atoms with Crippen LogP contribution < -0.4 is 27.0 Å². The van der Waals surface area contributed by atoms with Crippen molar-refractivity contribution < 1.29 is 39.3 Å². The van der Waals surface area contributed by atoms with Gasteiger partial charge in [0.15, 0.2) is 0 Å². The third-order valence-electron chi connectivity index (χ3n) is 6.92. The summed E-state index contributed by atoms with van der Waals surface area (Å²) in [6.07, 6.45) is 6.34. The fraction of sp³-hybridized carbons (Fsp3) is 0.429. The van der Waals surface area contributed by atoms with Crippen molar-refractivity contribution in [3.05, 3.63) is 54.2 Å². The average Bonchev–Trinajstić information content (AvgIpc) is 3.70. The van der Waals surface area contributed by atoms with Gasteiger partial charge in [0.05, 0.1) is 19.5 Å². The standard InChI is InChI=1S/C28H38N8O8S/c1-45-7-6-20(25(40)35-22(28(43)44)9-16-11-30-14-32-16)33-26(41)21(8-15-10-31-19-5-3-2-4-17(15)19)34-27(42)23(13-38)36-24(39)18(29)12-37/h2-5,10-11,14,18,20-23,31,37-38H,6-9,12-13,29H2,1H3,(H,30,32)(H,33,41)(H,34,42)(H,35,40)(H,36,39)(H,43,44)/t18-,20-,21-,22-,23-/m0/s1. The Morgan fingerprint density at radius 1 is 0.867 bits per heavy atom. The Balaban J connectivity index is 1.84. The topological polar surface area (TPSA) is 265 Å². The second kappa shape index (κ2) is 17.1. The van der Waals surface area contributed by atoms with Gasteiger partial charge < -0.3 is 52.3 Å². The summed E-state index contributed by atoms with van der Waals surface area (Å²) in [7, 11) is 0. The van der Waals surface area contributed by atoms with E-state index in [1.807, 2.05) is 18.2 Å². The molecule has 5 atom stereocenters. The smallest absolute Gasteiger partial charge is 0.326 e. The monoisotopic (exact) mass is 646 g/mol. The van der Waals surface area contributed by atoms with E-state index in [0.717, 1.165) is 10.9 Å². The Kier molecular flexibility index (Phi) is 13.3. The summed E-state index contributed by atoms with van der Waals surface area (Å²) in [5, 5.41) is 39.3. The van der Waals surface area contributed by atoms with Crippen LogP contribution in [-0.4, -0.2) is 115 Å². The lowest BCUT2D eigenvalue weighted by Crippen LogP contribution is -2.60. The van der Waals surface area contributed by atoms with Crippen molar-refractivity contribution in [1.82, 2.24) is 36.2 Å². The maximum absolute atomic E-state index is 13.7. The predicted octanol–water partition coefficient (Wildman–Crippen LogP) is -2.23. The van der Waals surface area contributed by atoms with Crippen LogP contribution in [0.15, 0.2) is 43.0 Å². The normalized spacial score (nSPS) is 14.5. The van der Waals surface area contributed by atoms with Gasteiger partial charge in [0.2, 0.25) is 23.6 Å². The minimum absolute atomic E-state index is 0.0434. The molecule has 45 heavy (non-hydrogen) atoms. The SMILES string of the molecule is CSCC[C@H](NC(=O)[C@H](Cc1c[nH]c2ccccc12)NC(=O)[C@H](CO)NC(=O)[C@@H](N)CO)C(=O)N[C@@H](Cc1cnc[nH]1)C(=O)O. The number of thioether (sulfide) groups is 1. The van der Waals surface area contributed by atoms with Crippen molar-refractivity contribution in [2.45, 2.75) is 49.5 Å². The van der Waals surface area contributed by atoms with Crippen LogP contribution in [0.4, 0.5) is 0 Å². The molecule has 11 N–H and O–H groups in total. The third kappa shape index (κ3) is 10.0. The molecule has 17 heteroatoms. The first-order chi connectivity index (χ1) is 21.6. The van der Waals surface area contributed by atoms with Crippen LogP contribution in [0, 0.1) is 0 Å². The molecule has 0 saturated heterocycles. The molecule has 0 aliphatic heterocycles. The molecule has 244 valence electrons. The summed E-state index contributed by atoms with van der Waals surface area (Å²) < 4.78 is 0. The Bertz CT molecular complexity index is 1450. The number of nitrogens with two attached hydrogens (primary N) is 1. The van der Waals surface area contributed by atoms with Gasteiger partial charge in [0.1, 0.15) is 30.2 Å². The highest BCUT2D eigenvalue weighted by Crippen LogP contribution is 2.19. The van der Waals surface area contributed by atoms with Gasteiger partial charge in [-0.1, -0.05) is 18.2 Å². The zero-order valence-corrected chi connectivity index (χ0v) is 25.3. The number of para-hydroxylation sites is 1. The van der Waals surface area contributed by atoms with E-state index in [-0.39, 0.29) is 19.3 Å². The number of rotatable bonds is 18.